The van der Waals surface area contributed by atoms with E-state index in [-0.39, 0.29) is 11.9 Å². The molecule has 2 aliphatic rings. The van der Waals surface area contributed by atoms with E-state index >= 15 is 0 Å². The first kappa shape index (κ1) is 20.7. The summed E-state index contributed by atoms with van der Waals surface area (Å²) >= 11 is 0. The molecule has 160 valence electrons. The molecule has 1 amide bonds. The second-order valence-electron chi connectivity index (χ2n) is 7.72. The third kappa shape index (κ3) is 4.29. The molecule has 1 aliphatic heterocycles. The first-order valence-corrected chi connectivity index (χ1v) is 10.3. The third-order valence-corrected chi connectivity index (χ3v) is 5.73. The highest BCUT2D eigenvalue weighted by Gasteiger charge is 2.31. The standard InChI is InChI=1S/C22H26F2N4O2/c1-2-7-28-20-6-4-16(25-14-15-3-5-18(23)19(24)12-15)13-17(20)21(26-28)22(29)27-8-10-30-11-9-27/h2-3,5,12,16,25H,1,4,6-11,13-14H2. The number of ether oxygens (including phenoxy) is 1. The summed E-state index contributed by atoms with van der Waals surface area (Å²) in [4.78, 5) is 14.9. The summed E-state index contributed by atoms with van der Waals surface area (Å²) in [6, 6.07) is 4.06. The first-order valence-electron chi connectivity index (χ1n) is 10.3. The maximum atomic E-state index is 13.5. The van der Waals surface area contributed by atoms with Gasteiger partial charge in [0.15, 0.2) is 17.3 Å². The Kier molecular flexibility index (Phi) is 6.24. The summed E-state index contributed by atoms with van der Waals surface area (Å²) in [6.45, 7) is 7.02. The quantitative estimate of drug-likeness (QED) is 0.735. The number of hydrogen-bond acceptors (Lipinski definition) is 4. The number of rotatable bonds is 6. The van der Waals surface area contributed by atoms with Gasteiger partial charge in [-0.3, -0.25) is 9.48 Å². The minimum atomic E-state index is -0.845. The zero-order valence-corrected chi connectivity index (χ0v) is 16.9. The molecule has 2 aromatic rings. The monoisotopic (exact) mass is 416 g/mol. The molecule has 2 heterocycles. The van der Waals surface area contributed by atoms with Crippen molar-refractivity contribution in [3.05, 3.63) is 65.0 Å². The molecule has 6 nitrogen and oxygen atoms in total. The minimum absolute atomic E-state index is 0.0568. The fourth-order valence-corrected chi connectivity index (χ4v) is 4.14. The number of morpholine rings is 1. The lowest BCUT2D eigenvalue weighted by Crippen LogP contribution is -2.41. The van der Waals surface area contributed by atoms with Gasteiger partial charge in [0.2, 0.25) is 0 Å². The lowest BCUT2D eigenvalue weighted by atomic mass is 9.90. The molecule has 1 saturated heterocycles. The van der Waals surface area contributed by atoms with Crippen LogP contribution in [0.5, 0.6) is 0 Å². The molecule has 0 bridgehead atoms. The van der Waals surface area contributed by atoms with E-state index in [0.29, 0.717) is 57.1 Å². The zero-order valence-electron chi connectivity index (χ0n) is 16.9. The summed E-state index contributed by atoms with van der Waals surface area (Å²) in [7, 11) is 0. The molecule has 4 rings (SSSR count). The van der Waals surface area contributed by atoms with E-state index in [2.05, 4.69) is 17.0 Å². The van der Waals surface area contributed by atoms with Crippen LogP contribution in [0.1, 0.15) is 33.7 Å². The Bertz CT molecular complexity index is 937. The first-order chi connectivity index (χ1) is 14.6. The average Bonchev–Trinajstić information content (AvgIpc) is 3.12. The Morgan fingerprint density at radius 3 is 2.83 bits per heavy atom. The molecule has 1 aromatic carbocycles. The van der Waals surface area contributed by atoms with E-state index in [1.54, 1.807) is 17.0 Å². The van der Waals surface area contributed by atoms with Gasteiger partial charge in [0.25, 0.3) is 5.91 Å². The molecule has 1 unspecified atom stereocenters. The van der Waals surface area contributed by atoms with Crippen LogP contribution in [0.25, 0.3) is 0 Å². The Hall–Kier alpha value is -2.58. The highest BCUT2D eigenvalue weighted by molar-refractivity contribution is 5.94. The van der Waals surface area contributed by atoms with Crippen LogP contribution >= 0.6 is 0 Å². The SMILES string of the molecule is C=CCn1nc(C(=O)N2CCOCC2)c2c1CCC(NCc1ccc(F)c(F)c1)C2. The Morgan fingerprint density at radius 1 is 1.30 bits per heavy atom. The number of aromatic nitrogens is 2. The van der Waals surface area contributed by atoms with E-state index in [4.69, 9.17) is 4.74 Å². The van der Waals surface area contributed by atoms with Gasteiger partial charge in [-0.15, -0.1) is 6.58 Å². The second kappa shape index (κ2) is 9.06. The summed E-state index contributed by atoms with van der Waals surface area (Å²) < 4.78 is 33.8. The zero-order chi connectivity index (χ0) is 21.1. The number of carbonyl (C=O) groups is 1. The summed E-state index contributed by atoms with van der Waals surface area (Å²) in [5.41, 5.74) is 3.25. The molecular weight excluding hydrogens is 390 g/mol. The van der Waals surface area contributed by atoms with Crippen LogP contribution in [0.2, 0.25) is 0 Å². The van der Waals surface area contributed by atoms with Crippen LogP contribution < -0.4 is 5.32 Å². The number of carbonyl (C=O) groups excluding carboxylic acids is 1. The highest BCUT2D eigenvalue weighted by Crippen LogP contribution is 2.26. The van der Waals surface area contributed by atoms with Crippen molar-refractivity contribution < 1.29 is 18.3 Å². The van der Waals surface area contributed by atoms with Gasteiger partial charge >= 0.3 is 0 Å². The van der Waals surface area contributed by atoms with Crippen molar-refractivity contribution in [2.24, 2.45) is 0 Å². The second-order valence-corrected chi connectivity index (χ2v) is 7.72. The molecule has 0 radical (unpaired) electrons. The van der Waals surface area contributed by atoms with Crippen molar-refractivity contribution in [1.82, 2.24) is 20.0 Å². The fourth-order valence-electron chi connectivity index (χ4n) is 4.14. The van der Waals surface area contributed by atoms with Crippen LogP contribution in [-0.4, -0.2) is 52.9 Å². The maximum Gasteiger partial charge on any atom is 0.274 e. The summed E-state index contributed by atoms with van der Waals surface area (Å²) in [5.74, 6) is -1.75. The van der Waals surface area contributed by atoms with Crippen molar-refractivity contribution in [3.63, 3.8) is 0 Å². The lowest BCUT2D eigenvalue weighted by molar-refractivity contribution is 0.0297. The molecular formula is C22H26F2N4O2. The molecule has 8 heteroatoms. The van der Waals surface area contributed by atoms with Gasteiger partial charge in [0.1, 0.15) is 0 Å². The molecule has 1 aromatic heterocycles. The molecule has 30 heavy (non-hydrogen) atoms. The lowest BCUT2D eigenvalue weighted by Gasteiger charge is -2.28. The van der Waals surface area contributed by atoms with E-state index in [1.807, 2.05) is 4.68 Å². The Labute approximate surface area is 174 Å². The van der Waals surface area contributed by atoms with Crippen molar-refractivity contribution in [3.8, 4) is 0 Å². The average molecular weight is 416 g/mol. The topological polar surface area (TPSA) is 59.4 Å². The number of allylic oxidation sites excluding steroid dienone is 1. The number of nitrogens with zero attached hydrogens (tertiary/aromatic N) is 3. The maximum absolute atomic E-state index is 13.5. The van der Waals surface area contributed by atoms with Crippen LogP contribution in [0.3, 0.4) is 0 Å². The molecule has 0 saturated carbocycles. The van der Waals surface area contributed by atoms with Crippen molar-refractivity contribution in [2.45, 2.75) is 38.4 Å². The summed E-state index contributed by atoms with van der Waals surface area (Å²) in [5, 5.41) is 8.05. The van der Waals surface area contributed by atoms with Crippen LogP contribution in [0.15, 0.2) is 30.9 Å². The summed E-state index contributed by atoms with van der Waals surface area (Å²) in [6.07, 6.45) is 4.12. The van der Waals surface area contributed by atoms with Gasteiger partial charge in [-0.1, -0.05) is 12.1 Å². The van der Waals surface area contributed by atoms with Gasteiger partial charge in [-0.2, -0.15) is 5.10 Å². The molecule has 1 aliphatic carbocycles. The van der Waals surface area contributed by atoms with Crippen molar-refractivity contribution in [1.29, 1.82) is 0 Å². The Balaban J connectivity index is 1.51. The predicted octanol–water partition coefficient (Wildman–Crippen LogP) is 2.47. The van der Waals surface area contributed by atoms with Gasteiger partial charge in [-0.05, 0) is 37.0 Å². The number of nitrogens with one attached hydrogen (secondary N) is 1. The number of amides is 1. The van der Waals surface area contributed by atoms with E-state index in [0.717, 1.165) is 30.2 Å². The smallest absolute Gasteiger partial charge is 0.274 e. The highest BCUT2D eigenvalue weighted by atomic mass is 19.2. The fraction of sp³-hybridized carbons (Fsp3) is 0.455. The van der Waals surface area contributed by atoms with E-state index in [9.17, 15) is 13.6 Å². The molecule has 0 spiro atoms. The van der Waals surface area contributed by atoms with E-state index < -0.39 is 11.6 Å². The number of benzene rings is 1. The van der Waals surface area contributed by atoms with Crippen molar-refractivity contribution in [2.75, 3.05) is 26.3 Å². The van der Waals surface area contributed by atoms with Crippen molar-refractivity contribution >= 4 is 5.91 Å². The normalized spacial score (nSPS) is 18.9. The van der Waals surface area contributed by atoms with Crippen LogP contribution in [0, 0.1) is 11.6 Å². The number of fused-ring (bicyclic) bond motifs is 1. The van der Waals surface area contributed by atoms with Gasteiger partial charge < -0.3 is 15.0 Å². The predicted molar refractivity (Wildman–Crippen MR) is 108 cm³/mol. The largest absolute Gasteiger partial charge is 0.378 e. The van der Waals surface area contributed by atoms with Crippen LogP contribution in [-0.2, 0) is 30.7 Å². The number of halogens is 2. The van der Waals surface area contributed by atoms with Gasteiger partial charge in [-0.25, -0.2) is 8.78 Å². The third-order valence-electron chi connectivity index (χ3n) is 5.73. The molecule has 1 fully saturated rings. The number of hydrogen-bond donors (Lipinski definition) is 1. The van der Waals surface area contributed by atoms with Gasteiger partial charge in [0, 0.05) is 36.9 Å². The molecule has 1 atom stereocenters. The minimum Gasteiger partial charge on any atom is -0.378 e. The van der Waals surface area contributed by atoms with Gasteiger partial charge in [0.05, 0.1) is 19.8 Å². The van der Waals surface area contributed by atoms with Crippen LogP contribution in [0.4, 0.5) is 8.78 Å². The molecule has 1 N–H and O–H groups in total. The van der Waals surface area contributed by atoms with E-state index in [1.165, 1.54) is 6.07 Å². The Morgan fingerprint density at radius 2 is 2.10 bits per heavy atom.